The van der Waals surface area contributed by atoms with Crippen LogP contribution in [0.3, 0.4) is 0 Å². The van der Waals surface area contributed by atoms with Crippen molar-refractivity contribution < 1.29 is 14.7 Å². The first-order chi connectivity index (χ1) is 13.7. The number of hydrogen-bond acceptors (Lipinski definition) is 5. The summed E-state index contributed by atoms with van der Waals surface area (Å²) in [5.74, 6) is -0.00165. The Balaban J connectivity index is 1.52. The Kier molecular flexibility index (Phi) is 7.50. The van der Waals surface area contributed by atoms with Crippen molar-refractivity contribution in [3.8, 4) is 0 Å². The number of rotatable bonds is 9. The minimum atomic E-state index is -0.204. The van der Waals surface area contributed by atoms with E-state index in [0.717, 1.165) is 31.2 Å². The Morgan fingerprint density at radius 3 is 2.64 bits per heavy atom. The maximum absolute atomic E-state index is 12.4. The van der Waals surface area contributed by atoms with E-state index in [2.05, 4.69) is 15.6 Å². The largest absolute Gasteiger partial charge is 0.390 e. The number of aliphatic hydroxyl groups is 1. The fourth-order valence-corrected chi connectivity index (χ4v) is 4.09. The second kappa shape index (κ2) is 10.3. The zero-order valence-electron chi connectivity index (χ0n) is 15.8. The molecule has 3 N–H and O–H groups in total. The number of aliphatic hydroxyl groups excluding tert-OH is 1. The first kappa shape index (κ1) is 20.4. The molecule has 1 saturated carbocycles. The Hall–Kier alpha value is -2.32. The first-order valence-electron chi connectivity index (χ1n) is 9.53. The van der Waals surface area contributed by atoms with Gasteiger partial charge in [-0.1, -0.05) is 54.9 Å². The average Bonchev–Trinajstić information content (AvgIpc) is 3.35. The average molecular weight is 403 g/mol. The summed E-state index contributed by atoms with van der Waals surface area (Å²) in [6, 6.07) is 9.95. The number of aromatic nitrogens is 2. The van der Waals surface area contributed by atoms with Gasteiger partial charge < -0.3 is 20.3 Å². The molecule has 0 bridgehead atoms. The van der Waals surface area contributed by atoms with Gasteiger partial charge in [-0.3, -0.25) is 9.59 Å². The molecular weight excluding hydrogens is 376 g/mol. The van der Waals surface area contributed by atoms with E-state index < -0.39 is 0 Å². The quantitative estimate of drug-likeness (QED) is 0.556. The number of nitrogens with zero attached hydrogens (tertiary/aromatic N) is 2. The summed E-state index contributed by atoms with van der Waals surface area (Å²) in [7, 11) is 0. The molecule has 1 aliphatic carbocycles. The molecule has 0 saturated heterocycles. The van der Waals surface area contributed by atoms with E-state index in [-0.39, 0.29) is 36.8 Å². The Labute approximate surface area is 168 Å². The first-order valence-corrected chi connectivity index (χ1v) is 10.5. The van der Waals surface area contributed by atoms with Crippen LogP contribution in [0.25, 0.3) is 0 Å². The maximum Gasteiger partial charge on any atom is 0.240 e. The Bertz CT molecular complexity index is 788. The van der Waals surface area contributed by atoms with Crippen LogP contribution in [0.15, 0.2) is 41.7 Å². The number of amides is 2. The summed E-state index contributed by atoms with van der Waals surface area (Å²) in [5, 5.41) is 16.0. The van der Waals surface area contributed by atoms with Crippen LogP contribution in [0.1, 0.15) is 36.9 Å². The summed E-state index contributed by atoms with van der Waals surface area (Å²) in [6.45, 7) is 0.366. The van der Waals surface area contributed by atoms with Gasteiger partial charge in [0, 0.05) is 12.6 Å². The normalized spacial score (nSPS) is 14.2. The van der Waals surface area contributed by atoms with E-state index in [0.29, 0.717) is 17.4 Å². The second-order valence-electron chi connectivity index (χ2n) is 6.88. The van der Waals surface area contributed by atoms with Gasteiger partial charge in [0.1, 0.15) is 6.54 Å². The van der Waals surface area contributed by atoms with Crippen LogP contribution in [0.2, 0.25) is 0 Å². The molecule has 8 heteroatoms. The van der Waals surface area contributed by atoms with Gasteiger partial charge in [-0.25, -0.2) is 4.98 Å². The van der Waals surface area contributed by atoms with Gasteiger partial charge in [0.05, 0.1) is 24.3 Å². The van der Waals surface area contributed by atoms with Gasteiger partial charge in [-0.15, -0.1) is 0 Å². The van der Waals surface area contributed by atoms with Crippen LogP contribution in [-0.4, -0.2) is 38.3 Å². The van der Waals surface area contributed by atoms with Gasteiger partial charge in [-0.2, -0.15) is 0 Å². The lowest BCUT2D eigenvalue weighted by atomic mass is 10.2. The highest BCUT2D eigenvalue weighted by Gasteiger charge is 2.19. The van der Waals surface area contributed by atoms with E-state index >= 15 is 0 Å². The SMILES string of the molecule is O=C(CSc1ncc(CO)n1CC(=O)NC1CCCC1)NCc1ccccc1. The molecule has 0 aliphatic heterocycles. The van der Waals surface area contributed by atoms with E-state index in [1.807, 2.05) is 30.3 Å². The van der Waals surface area contributed by atoms with E-state index in [9.17, 15) is 14.7 Å². The molecule has 28 heavy (non-hydrogen) atoms. The third-order valence-corrected chi connectivity index (χ3v) is 5.74. The third-order valence-electron chi connectivity index (χ3n) is 4.75. The van der Waals surface area contributed by atoms with Crippen molar-refractivity contribution in [2.24, 2.45) is 0 Å². The molecule has 3 rings (SSSR count). The molecule has 0 radical (unpaired) electrons. The molecule has 1 aromatic carbocycles. The molecule has 1 fully saturated rings. The number of hydrogen-bond donors (Lipinski definition) is 3. The van der Waals surface area contributed by atoms with Crippen LogP contribution < -0.4 is 10.6 Å². The van der Waals surface area contributed by atoms with Gasteiger partial charge in [0.25, 0.3) is 0 Å². The lowest BCUT2D eigenvalue weighted by molar-refractivity contribution is -0.122. The summed E-state index contributed by atoms with van der Waals surface area (Å²) in [5.41, 5.74) is 1.60. The van der Waals surface area contributed by atoms with E-state index in [1.54, 1.807) is 10.8 Å². The standard InChI is InChI=1S/C20H26N4O3S/c25-13-17-11-22-20(24(17)12-18(26)23-16-8-4-5-9-16)28-14-19(27)21-10-15-6-2-1-3-7-15/h1-3,6-7,11,16,25H,4-5,8-10,12-14H2,(H,21,27)(H,23,26). The maximum atomic E-state index is 12.4. The molecule has 0 unspecified atom stereocenters. The fourth-order valence-electron chi connectivity index (χ4n) is 3.27. The summed E-state index contributed by atoms with van der Waals surface area (Å²) >= 11 is 1.26. The molecule has 1 aliphatic rings. The topological polar surface area (TPSA) is 96.2 Å². The summed E-state index contributed by atoms with van der Waals surface area (Å²) in [4.78, 5) is 28.8. The Morgan fingerprint density at radius 1 is 1.18 bits per heavy atom. The van der Waals surface area contributed by atoms with Gasteiger partial charge in [0.15, 0.2) is 5.16 Å². The van der Waals surface area contributed by atoms with Crippen LogP contribution in [0, 0.1) is 0 Å². The molecule has 2 amide bonds. The molecule has 1 heterocycles. The minimum Gasteiger partial charge on any atom is -0.390 e. The van der Waals surface area contributed by atoms with Crippen molar-refractivity contribution in [2.75, 3.05) is 5.75 Å². The number of carbonyl (C=O) groups is 2. The van der Waals surface area contributed by atoms with Crippen molar-refractivity contribution >= 4 is 23.6 Å². The third kappa shape index (κ3) is 5.84. The predicted molar refractivity (Wildman–Crippen MR) is 108 cm³/mol. The van der Waals surface area contributed by atoms with Crippen molar-refractivity contribution in [3.63, 3.8) is 0 Å². The Morgan fingerprint density at radius 2 is 1.93 bits per heavy atom. The molecule has 7 nitrogen and oxygen atoms in total. The number of carbonyl (C=O) groups excluding carboxylic acids is 2. The molecule has 0 atom stereocenters. The van der Waals surface area contributed by atoms with Crippen molar-refractivity contribution in [1.29, 1.82) is 0 Å². The van der Waals surface area contributed by atoms with Crippen LogP contribution in [0.5, 0.6) is 0 Å². The van der Waals surface area contributed by atoms with Crippen molar-refractivity contribution in [3.05, 3.63) is 47.8 Å². The highest BCUT2D eigenvalue weighted by molar-refractivity contribution is 7.99. The monoisotopic (exact) mass is 402 g/mol. The molecule has 150 valence electrons. The smallest absolute Gasteiger partial charge is 0.240 e. The predicted octanol–water partition coefficient (Wildman–Crippen LogP) is 1.84. The molecule has 1 aromatic heterocycles. The molecule has 0 spiro atoms. The number of thioether (sulfide) groups is 1. The van der Waals surface area contributed by atoms with Crippen molar-refractivity contribution in [1.82, 2.24) is 20.2 Å². The number of nitrogens with one attached hydrogen (secondary N) is 2. The molecular formula is C20H26N4O3S. The lowest BCUT2D eigenvalue weighted by Gasteiger charge is -2.14. The van der Waals surface area contributed by atoms with E-state index in [4.69, 9.17) is 0 Å². The van der Waals surface area contributed by atoms with E-state index in [1.165, 1.54) is 11.8 Å². The minimum absolute atomic E-state index is 0.0880. The number of benzene rings is 1. The summed E-state index contributed by atoms with van der Waals surface area (Å²) in [6.07, 6.45) is 5.89. The van der Waals surface area contributed by atoms with Gasteiger partial charge >= 0.3 is 0 Å². The van der Waals surface area contributed by atoms with Crippen LogP contribution in [-0.2, 0) is 29.3 Å². The van der Waals surface area contributed by atoms with Gasteiger partial charge in [-0.05, 0) is 18.4 Å². The zero-order chi connectivity index (χ0) is 19.8. The summed E-state index contributed by atoms with van der Waals surface area (Å²) < 4.78 is 1.68. The van der Waals surface area contributed by atoms with Gasteiger partial charge in [0.2, 0.25) is 11.8 Å². The van der Waals surface area contributed by atoms with Crippen molar-refractivity contribution in [2.45, 2.75) is 56.6 Å². The van der Waals surface area contributed by atoms with Crippen LogP contribution in [0.4, 0.5) is 0 Å². The highest BCUT2D eigenvalue weighted by Crippen LogP contribution is 2.20. The zero-order valence-corrected chi connectivity index (χ0v) is 16.6. The second-order valence-corrected chi connectivity index (χ2v) is 7.82. The highest BCUT2D eigenvalue weighted by atomic mass is 32.2. The molecule has 2 aromatic rings. The fraction of sp³-hybridized carbons (Fsp3) is 0.450. The lowest BCUT2D eigenvalue weighted by Crippen LogP contribution is -2.35. The van der Waals surface area contributed by atoms with Crippen LogP contribution >= 0.6 is 11.8 Å². The number of imidazole rings is 1.